The van der Waals surface area contributed by atoms with Gasteiger partial charge in [0.05, 0.1) is 0 Å². The molecule has 7 heteroatoms. The van der Waals surface area contributed by atoms with Crippen LogP contribution in [0.4, 0.5) is 10.5 Å². The first-order valence-electron chi connectivity index (χ1n) is 7.43. The fourth-order valence-electron chi connectivity index (χ4n) is 2.33. The van der Waals surface area contributed by atoms with Gasteiger partial charge in [0.25, 0.3) is 0 Å². The summed E-state index contributed by atoms with van der Waals surface area (Å²) in [6.45, 7) is 4.77. The molecule has 23 heavy (non-hydrogen) atoms. The van der Waals surface area contributed by atoms with Crippen LogP contribution in [0.15, 0.2) is 24.3 Å². The van der Waals surface area contributed by atoms with Crippen LogP contribution in [-0.4, -0.2) is 46.1 Å². The standard InChI is InChI=1S/C16H19N3O4/c1-4-11-6-5-7-12(8-11)17-13(20)9-18-14(21)15(22)19(10(2)3)16(18)23/h5-8,10H,4,9H2,1-3H3,(H,17,20). The van der Waals surface area contributed by atoms with Crippen LogP contribution in [0, 0.1) is 0 Å². The van der Waals surface area contributed by atoms with Gasteiger partial charge in [-0.15, -0.1) is 0 Å². The van der Waals surface area contributed by atoms with Crippen LogP contribution in [0.1, 0.15) is 26.3 Å². The smallest absolute Gasteiger partial charge is 0.325 e. The number of nitrogens with zero attached hydrogens (tertiary/aromatic N) is 2. The number of hydrogen-bond donors (Lipinski definition) is 1. The molecule has 0 bridgehead atoms. The molecule has 1 aromatic carbocycles. The van der Waals surface area contributed by atoms with Crippen molar-refractivity contribution in [2.45, 2.75) is 33.2 Å². The number of benzene rings is 1. The van der Waals surface area contributed by atoms with E-state index < -0.39 is 36.3 Å². The topological polar surface area (TPSA) is 86.8 Å². The Labute approximate surface area is 134 Å². The fraction of sp³-hybridized carbons (Fsp3) is 0.375. The first-order valence-corrected chi connectivity index (χ1v) is 7.43. The van der Waals surface area contributed by atoms with E-state index in [1.54, 1.807) is 19.9 Å². The van der Waals surface area contributed by atoms with Gasteiger partial charge in [0.2, 0.25) is 5.91 Å². The molecule has 2 rings (SSSR count). The van der Waals surface area contributed by atoms with Crippen LogP contribution in [0.3, 0.4) is 0 Å². The number of nitrogens with one attached hydrogen (secondary N) is 1. The summed E-state index contributed by atoms with van der Waals surface area (Å²) < 4.78 is 0. The molecule has 1 saturated heterocycles. The Balaban J connectivity index is 2.06. The highest BCUT2D eigenvalue weighted by Gasteiger charge is 2.46. The monoisotopic (exact) mass is 317 g/mol. The predicted octanol–water partition coefficient (Wildman–Crippen LogP) is 1.39. The fourth-order valence-corrected chi connectivity index (χ4v) is 2.33. The Bertz CT molecular complexity index is 669. The van der Waals surface area contributed by atoms with Gasteiger partial charge >= 0.3 is 17.8 Å². The van der Waals surface area contributed by atoms with Crippen molar-refractivity contribution in [3.8, 4) is 0 Å². The second-order valence-corrected chi connectivity index (χ2v) is 5.54. The third-order valence-electron chi connectivity index (χ3n) is 3.52. The van der Waals surface area contributed by atoms with Crippen LogP contribution in [0.5, 0.6) is 0 Å². The third kappa shape index (κ3) is 3.39. The van der Waals surface area contributed by atoms with Gasteiger partial charge in [-0.05, 0) is 38.0 Å². The number of carbonyl (C=O) groups excluding carboxylic acids is 4. The van der Waals surface area contributed by atoms with Crippen LogP contribution >= 0.6 is 0 Å². The zero-order chi connectivity index (χ0) is 17.1. The van der Waals surface area contributed by atoms with Gasteiger partial charge in [0.1, 0.15) is 6.54 Å². The normalized spacial score (nSPS) is 14.9. The summed E-state index contributed by atoms with van der Waals surface area (Å²) in [7, 11) is 0. The van der Waals surface area contributed by atoms with Gasteiger partial charge < -0.3 is 5.32 Å². The quantitative estimate of drug-likeness (QED) is 0.656. The van der Waals surface area contributed by atoms with Crippen molar-refractivity contribution >= 4 is 29.4 Å². The second-order valence-electron chi connectivity index (χ2n) is 5.54. The first-order chi connectivity index (χ1) is 10.8. The zero-order valence-corrected chi connectivity index (χ0v) is 13.3. The van der Waals surface area contributed by atoms with Crippen molar-refractivity contribution in [2.24, 2.45) is 0 Å². The minimum atomic E-state index is -0.971. The van der Waals surface area contributed by atoms with E-state index >= 15 is 0 Å². The molecule has 5 amide bonds. The Morgan fingerprint density at radius 1 is 1.17 bits per heavy atom. The third-order valence-corrected chi connectivity index (χ3v) is 3.52. The van der Waals surface area contributed by atoms with Crippen LogP contribution < -0.4 is 5.32 Å². The molecule has 0 unspecified atom stereocenters. The summed E-state index contributed by atoms with van der Waals surface area (Å²) in [6.07, 6.45) is 0.824. The van der Waals surface area contributed by atoms with Gasteiger partial charge in [-0.2, -0.15) is 0 Å². The van der Waals surface area contributed by atoms with E-state index in [-0.39, 0.29) is 0 Å². The second kappa shape index (κ2) is 6.60. The molecule has 0 aromatic heterocycles. The summed E-state index contributed by atoms with van der Waals surface area (Å²) in [5.74, 6) is -2.40. The summed E-state index contributed by atoms with van der Waals surface area (Å²) in [5, 5.41) is 2.63. The van der Waals surface area contributed by atoms with E-state index in [0.717, 1.165) is 16.9 Å². The number of carbonyl (C=O) groups is 4. The largest absolute Gasteiger partial charge is 0.334 e. The van der Waals surface area contributed by atoms with Gasteiger partial charge in [0, 0.05) is 11.7 Å². The van der Waals surface area contributed by atoms with E-state index in [2.05, 4.69) is 5.32 Å². The van der Waals surface area contributed by atoms with E-state index in [1.807, 2.05) is 25.1 Å². The Morgan fingerprint density at radius 2 is 1.87 bits per heavy atom. The summed E-state index contributed by atoms with van der Waals surface area (Å²) in [4.78, 5) is 49.3. The van der Waals surface area contributed by atoms with Crippen molar-refractivity contribution in [3.05, 3.63) is 29.8 Å². The van der Waals surface area contributed by atoms with E-state index in [4.69, 9.17) is 0 Å². The van der Waals surface area contributed by atoms with Gasteiger partial charge in [-0.1, -0.05) is 19.1 Å². The molecule has 0 radical (unpaired) electrons. The molecule has 1 heterocycles. The number of urea groups is 1. The summed E-state index contributed by atoms with van der Waals surface area (Å²) in [6, 6.07) is 6.08. The van der Waals surface area contributed by atoms with Crippen molar-refractivity contribution < 1.29 is 19.2 Å². The minimum absolute atomic E-state index is 0.437. The maximum atomic E-state index is 12.1. The van der Waals surface area contributed by atoms with Crippen LogP contribution in [-0.2, 0) is 20.8 Å². The van der Waals surface area contributed by atoms with Crippen molar-refractivity contribution in [3.63, 3.8) is 0 Å². The average Bonchev–Trinajstić information content (AvgIpc) is 2.71. The lowest BCUT2D eigenvalue weighted by Gasteiger charge is -2.18. The molecular formula is C16H19N3O4. The highest BCUT2D eigenvalue weighted by Crippen LogP contribution is 2.16. The maximum absolute atomic E-state index is 12.1. The molecule has 0 spiro atoms. The van der Waals surface area contributed by atoms with Crippen molar-refractivity contribution in [1.82, 2.24) is 9.80 Å². The maximum Gasteiger partial charge on any atom is 0.334 e. The van der Waals surface area contributed by atoms with E-state index in [1.165, 1.54) is 0 Å². The highest BCUT2D eigenvalue weighted by molar-refractivity contribution is 6.45. The van der Waals surface area contributed by atoms with Gasteiger partial charge in [0.15, 0.2) is 0 Å². The molecule has 1 aromatic rings. The van der Waals surface area contributed by atoms with Crippen molar-refractivity contribution in [2.75, 3.05) is 11.9 Å². The number of imide groups is 2. The van der Waals surface area contributed by atoms with E-state index in [0.29, 0.717) is 10.6 Å². The Kier molecular flexibility index (Phi) is 4.78. The van der Waals surface area contributed by atoms with E-state index in [9.17, 15) is 19.2 Å². The van der Waals surface area contributed by atoms with Gasteiger partial charge in [-0.3, -0.25) is 19.3 Å². The Morgan fingerprint density at radius 3 is 2.43 bits per heavy atom. The van der Waals surface area contributed by atoms with Crippen molar-refractivity contribution in [1.29, 1.82) is 0 Å². The molecule has 1 aliphatic rings. The lowest BCUT2D eigenvalue weighted by Crippen LogP contribution is -2.40. The molecule has 1 N–H and O–H groups in total. The zero-order valence-electron chi connectivity index (χ0n) is 13.3. The molecule has 0 atom stereocenters. The number of aryl methyl sites for hydroxylation is 1. The average molecular weight is 317 g/mol. The molecule has 122 valence electrons. The molecule has 7 nitrogen and oxygen atoms in total. The molecule has 1 fully saturated rings. The first kappa shape index (κ1) is 16.7. The van der Waals surface area contributed by atoms with Gasteiger partial charge in [-0.25, -0.2) is 9.69 Å². The number of rotatable bonds is 5. The highest BCUT2D eigenvalue weighted by atomic mass is 16.2. The number of anilines is 1. The van der Waals surface area contributed by atoms with Crippen LogP contribution in [0.25, 0.3) is 0 Å². The number of hydrogen-bond acceptors (Lipinski definition) is 4. The lowest BCUT2D eigenvalue weighted by molar-refractivity contribution is -0.144. The lowest BCUT2D eigenvalue weighted by atomic mass is 10.1. The molecule has 0 aliphatic carbocycles. The Hall–Kier alpha value is -2.70. The molecular weight excluding hydrogens is 298 g/mol. The van der Waals surface area contributed by atoms with Crippen LogP contribution in [0.2, 0.25) is 0 Å². The predicted molar refractivity (Wildman–Crippen MR) is 83.5 cm³/mol. The minimum Gasteiger partial charge on any atom is -0.325 e. The molecule has 0 saturated carbocycles. The summed E-state index contributed by atoms with van der Waals surface area (Å²) in [5.41, 5.74) is 1.64. The summed E-state index contributed by atoms with van der Waals surface area (Å²) >= 11 is 0. The number of amides is 5. The SMILES string of the molecule is CCc1cccc(NC(=O)CN2C(=O)C(=O)N(C(C)C)C2=O)c1. The molecule has 1 aliphatic heterocycles.